The first-order valence-corrected chi connectivity index (χ1v) is 14.0. The zero-order valence-electron chi connectivity index (χ0n) is 23.7. The molecular formula is C31H35FN6O2. The highest BCUT2D eigenvalue weighted by Gasteiger charge is 2.32. The van der Waals surface area contributed by atoms with Crippen molar-refractivity contribution in [2.75, 3.05) is 31.6 Å². The molecule has 208 valence electrons. The lowest BCUT2D eigenvalue weighted by Crippen LogP contribution is -2.50. The second-order valence-corrected chi connectivity index (χ2v) is 11.2. The average Bonchev–Trinajstić information content (AvgIpc) is 3.79. The molecule has 1 aliphatic heterocycles. The minimum Gasteiger partial charge on any atom is -0.497 e. The van der Waals surface area contributed by atoms with E-state index in [1.54, 1.807) is 30.0 Å². The molecule has 4 aromatic rings. The summed E-state index contributed by atoms with van der Waals surface area (Å²) in [5, 5.41) is 4.21. The summed E-state index contributed by atoms with van der Waals surface area (Å²) in [6, 6.07) is 8.84. The second kappa shape index (κ2) is 10.3. The number of hydrogen-bond acceptors (Lipinski definition) is 7. The number of aromatic nitrogens is 4. The smallest absolute Gasteiger partial charge is 0.355 e. The van der Waals surface area contributed by atoms with Gasteiger partial charge in [-0.15, -0.1) is 0 Å². The van der Waals surface area contributed by atoms with Gasteiger partial charge in [0.25, 0.3) is 0 Å². The fourth-order valence-electron chi connectivity index (χ4n) is 5.74. The van der Waals surface area contributed by atoms with Crippen molar-refractivity contribution < 1.29 is 9.13 Å². The molecule has 8 nitrogen and oxygen atoms in total. The van der Waals surface area contributed by atoms with Gasteiger partial charge in [0.2, 0.25) is 0 Å². The van der Waals surface area contributed by atoms with Gasteiger partial charge in [-0.25, -0.2) is 18.7 Å². The number of benzene rings is 1. The molecule has 0 amide bonds. The maximum Gasteiger partial charge on any atom is 0.355 e. The molecule has 4 heterocycles. The van der Waals surface area contributed by atoms with Gasteiger partial charge in [-0.05, 0) is 80.0 Å². The van der Waals surface area contributed by atoms with Crippen LogP contribution in [-0.4, -0.2) is 52.3 Å². The molecule has 0 spiro atoms. The molecule has 2 aliphatic rings. The predicted molar refractivity (Wildman–Crippen MR) is 155 cm³/mol. The normalized spacial score (nSPS) is 17.6. The number of methoxy groups -OCH3 is 1. The summed E-state index contributed by atoms with van der Waals surface area (Å²) >= 11 is 0. The van der Waals surface area contributed by atoms with Crippen molar-refractivity contribution in [2.24, 2.45) is 0 Å². The molecule has 0 bridgehead atoms. The number of nitrogens with zero attached hydrogens (tertiary/aromatic N) is 5. The fourth-order valence-corrected chi connectivity index (χ4v) is 5.74. The summed E-state index contributed by atoms with van der Waals surface area (Å²) < 4.78 is 22.4. The van der Waals surface area contributed by atoms with Crippen LogP contribution in [0.15, 0.2) is 41.3 Å². The lowest BCUT2D eigenvalue weighted by molar-refractivity contribution is 0.414. The van der Waals surface area contributed by atoms with Crippen LogP contribution in [0.5, 0.6) is 5.75 Å². The van der Waals surface area contributed by atoms with E-state index in [9.17, 15) is 4.79 Å². The quantitative estimate of drug-likeness (QED) is 0.363. The SMILES string of the molecule is COc1ccc(F)c(-c2nc3c(cc2C2CC2)c(N2CCNC[C@@H]2C)nc(=O)n3-c2c(C)ccnc2C(C)C)c1. The third-order valence-corrected chi connectivity index (χ3v) is 8.02. The summed E-state index contributed by atoms with van der Waals surface area (Å²) in [5.74, 6) is 1.13. The molecule has 0 unspecified atom stereocenters. The Morgan fingerprint density at radius 1 is 1.15 bits per heavy atom. The standard InChI is InChI=1S/C31H35FN6O2/c1-17(2)26-28(18(3)10-11-34-26)38-30-24(29(36-31(38)39)37-13-12-33-16-19(37)4)15-22(20-6-7-20)27(35-30)23-14-21(40-5)8-9-25(23)32/h8-11,14-15,17,19-20,33H,6-7,12-13,16H2,1-5H3/t19-/m0/s1. The highest BCUT2D eigenvalue weighted by molar-refractivity contribution is 5.92. The Bertz CT molecular complexity index is 1660. The molecule has 6 rings (SSSR count). The number of nitrogens with one attached hydrogen (secondary N) is 1. The first-order valence-electron chi connectivity index (χ1n) is 14.0. The van der Waals surface area contributed by atoms with Gasteiger partial charge in [0.05, 0.1) is 29.6 Å². The number of halogens is 1. The summed E-state index contributed by atoms with van der Waals surface area (Å²) in [6.07, 6.45) is 3.79. The minimum absolute atomic E-state index is 0.0609. The number of piperazine rings is 1. The number of fused-ring (bicyclic) bond motifs is 1. The zero-order chi connectivity index (χ0) is 28.1. The topological polar surface area (TPSA) is 85.2 Å². The molecule has 40 heavy (non-hydrogen) atoms. The molecule has 2 fully saturated rings. The van der Waals surface area contributed by atoms with Crippen LogP contribution in [0.25, 0.3) is 28.0 Å². The summed E-state index contributed by atoms with van der Waals surface area (Å²) in [4.78, 5) is 30.7. The number of aryl methyl sites for hydroxylation is 1. The molecule has 1 aromatic carbocycles. The van der Waals surface area contributed by atoms with E-state index in [0.29, 0.717) is 34.2 Å². The molecule has 9 heteroatoms. The van der Waals surface area contributed by atoms with Crippen LogP contribution < -0.4 is 20.6 Å². The van der Waals surface area contributed by atoms with Gasteiger partial charge >= 0.3 is 5.69 Å². The lowest BCUT2D eigenvalue weighted by atomic mass is 9.99. The van der Waals surface area contributed by atoms with E-state index >= 15 is 4.39 Å². The average molecular weight is 543 g/mol. The summed E-state index contributed by atoms with van der Waals surface area (Å²) in [7, 11) is 1.56. The Morgan fingerprint density at radius 2 is 1.95 bits per heavy atom. The van der Waals surface area contributed by atoms with Gasteiger partial charge in [-0.1, -0.05) is 13.8 Å². The van der Waals surface area contributed by atoms with Gasteiger partial charge < -0.3 is 15.0 Å². The Balaban J connectivity index is 1.74. The Kier molecular flexibility index (Phi) is 6.78. The molecular weight excluding hydrogens is 507 g/mol. The van der Waals surface area contributed by atoms with Crippen molar-refractivity contribution in [1.82, 2.24) is 24.8 Å². The zero-order valence-corrected chi connectivity index (χ0v) is 23.7. The molecule has 1 atom stereocenters. The number of pyridine rings is 2. The number of rotatable bonds is 6. The largest absolute Gasteiger partial charge is 0.497 e. The monoisotopic (exact) mass is 542 g/mol. The second-order valence-electron chi connectivity index (χ2n) is 11.2. The van der Waals surface area contributed by atoms with Crippen LogP contribution >= 0.6 is 0 Å². The van der Waals surface area contributed by atoms with E-state index in [4.69, 9.17) is 14.7 Å². The number of anilines is 1. The van der Waals surface area contributed by atoms with Gasteiger partial charge in [-0.3, -0.25) is 4.98 Å². The Labute approximate surface area is 233 Å². The summed E-state index contributed by atoms with van der Waals surface area (Å²) in [6.45, 7) is 10.5. The maximum absolute atomic E-state index is 15.4. The Hall–Kier alpha value is -3.85. The maximum atomic E-state index is 15.4. The van der Waals surface area contributed by atoms with Crippen LogP contribution in [0.4, 0.5) is 10.2 Å². The van der Waals surface area contributed by atoms with Gasteiger partial charge in [0, 0.05) is 37.4 Å². The molecule has 1 saturated carbocycles. The first kappa shape index (κ1) is 26.4. The highest BCUT2D eigenvalue weighted by Crippen LogP contribution is 2.46. The van der Waals surface area contributed by atoms with Crippen molar-refractivity contribution in [3.8, 4) is 22.7 Å². The van der Waals surface area contributed by atoms with E-state index in [1.807, 2.05) is 13.0 Å². The third kappa shape index (κ3) is 4.52. The van der Waals surface area contributed by atoms with E-state index in [2.05, 4.69) is 42.0 Å². The minimum atomic E-state index is -0.421. The van der Waals surface area contributed by atoms with Crippen molar-refractivity contribution in [3.05, 3.63) is 69.7 Å². The van der Waals surface area contributed by atoms with Gasteiger partial charge in [0.15, 0.2) is 5.65 Å². The van der Waals surface area contributed by atoms with Crippen molar-refractivity contribution in [1.29, 1.82) is 0 Å². The predicted octanol–water partition coefficient (Wildman–Crippen LogP) is 5.10. The van der Waals surface area contributed by atoms with Crippen LogP contribution in [0.3, 0.4) is 0 Å². The lowest BCUT2D eigenvalue weighted by Gasteiger charge is -2.35. The molecule has 0 radical (unpaired) electrons. The van der Waals surface area contributed by atoms with Crippen LogP contribution in [-0.2, 0) is 0 Å². The van der Waals surface area contributed by atoms with E-state index in [1.165, 1.54) is 6.07 Å². The highest BCUT2D eigenvalue weighted by atomic mass is 19.1. The third-order valence-electron chi connectivity index (χ3n) is 8.02. The van der Waals surface area contributed by atoms with Crippen molar-refractivity contribution in [3.63, 3.8) is 0 Å². The van der Waals surface area contributed by atoms with Crippen LogP contribution in [0.1, 0.15) is 62.3 Å². The fraction of sp³-hybridized carbons (Fsp3) is 0.419. The van der Waals surface area contributed by atoms with E-state index in [-0.39, 0.29) is 23.7 Å². The Morgan fingerprint density at radius 3 is 2.65 bits per heavy atom. The molecule has 1 saturated heterocycles. The van der Waals surface area contributed by atoms with E-state index < -0.39 is 5.69 Å². The van der Waals surface area contributed by atoms with Gasteiger partial charge in [-0.2, -0.15) is 4.98 Å². The van der Waals surface area contributed by atoms with Crippen LogP contribution in [0, 0.1) is 12.7 Å². The number of ether oxygens (including phenoxy) is 1. The first-order chi connectivity index (χ1) is 19.3. The molecule has 1 N–H and O–H groups in total. The number of hydrogen-bond donors (Lipinski definition) is 1. The molecule has 3 aromatic heterocycles. The van der Waals surface area contributed by atoms with Crippen molar-refractivity contribution >= 4 is 16.9 Å². The van der Waals surface area contributed by atoms with Crippen LogP contribution in [0.2, 0.25) is 0 Å². The van der Waals surface area contributed by atoms with E-state index in [0.717, 1.165) is 54.7 Å². The van der Waals surface area contributed by atoms with Gasteiger partial charge in [0.1, 0.15) is 17.4 Å². The molecule has 1 aliphatic carbocycles. The summed E-state index contributed by atoms with van der Waals surface area (Å²) in [5.41, 5.74) is 4.28. The van der Waals surface area contributed by atoms with Crippen molar-refractivity contribution in [2.45, 2.75) is 58.4 Å².